The highest BCUT2D eigenvalue weighted by Crippen LogP contribution is 2.60. The van der Waals surface area contributed by atoms with Gasteiger partial charge in [-0.25, -0.2) is 0 Å². The summed E-state index contributed by atoms with van der Waals surface area (Å²) in [4.78, 5) is 12.4. The largest absolute Gasteiger partial charge is 0.461 e. The van der Waals surface area contributed by atoms with Crippen LogP contribution in [0.25, 0.3) is 0 Å². The molecule has 1 aliphatic carbocycles. The van der Waals surface area contributed by atoms with Crippen LogP contribution in [0.4, 0.5) is 0 Å². The molecule has 0 aromatic heterocycles. The van der Waals surface area contributed by atoms with Crippen molar-refractivity contribution in [1.82, 2.24) is 0 Å². The van der Waals surface area contributed by atoms with Gasteiger partial charge in [-0.05, 0) is 73.0 Å². The number of carbonyl (C=O) groups excluding carboxylic acids is 1. The lowest BCUT2D eigenvalue weighted by Crippen LogP contribution is -2.10. The number of hydrogen-bond donors (Lipinski definition) is 0. The highest BCUT2D eigenvalue weighted by Gasteiger charge is 2.61. The van der Waals surface area contributed by atoms with E-state index >= 15 is 0 Å². The summed E-state index contributed by atoms with van der Waals surface area (Å²) >= 11 is 6.73. The summed E-state index contributed by atoms with van der Waals surface area (Å²) < 4.78 is 12.2. The molecule has 3 nitrogen and oxygen atoms in total. The van der Waals surface area contributed by atoms with E-state index in [0.29, 0.717) is 0 Å². The minimum atomic E-state index is -0.160. The fourth-order valence-corrected chi connectivity index (χ4v) is 3.71. The van der Waals surface area contributed by atoms with Crippen LogP contribution < -0.4 is 4.74 Å². The number of benzene rings is 2. The summed E-state index contributed by atoms with van der Waals surface area (Å²) in [7, 11) is 0. The maximum atomic E-state index is 12.4. The second-order valence-corrected chi connectivity index (χ2v) is 9.72. The number of carbonyl (C=O) groups is 1. The summed E-state index contributed by atoms with van der Waals surface area (Å²) in [6.45, 7) is 4.40. The Morgan fingerprint density at radius 1 is 1.08 bits per heavy atom. The molecular weight excluding hydrogens is 460 g/mol. The molecule has 0 saturated heterocycles. The number of para-hydroxylation sites is 1. The fraction of sp³-hybridized carbons (Fsp3) is 0.286. The molecular formula is C21H20Br2O3. The average Bonchev–Trinajstić information content (AvgIpc) is 3.13. The van der Waals surface area contributed by atoms with Gasteiger partial charge in [0, 0.05) is 0 Å². The lowest BCUT2D eigenvalue weighted by atomic mass is 10.1. The Hall–Kier alpha value is -1.59. The first-order chi connectivity index (χ1) is 12.4. The third-order valence-corrected chi connectivity index (χ3v) is 5.26. The second-order valence-electron chi connectivity index (χ2n) is 6.95. The third-order valence-electron chi connectivity index (χ3n) is 4.73. The van der Waals surface area contributed by atoms with Crippen LogP contribution in [0.3, 0.4) is 0 Å². The summed E-state index contributed by atoms with van der Waals surface area (Å²) in [6.07, 6.45) is 2.01. The Balaban J connectivity index is 1.59. The summed E-state index contributed by atoms with van der Waals surface area (Å²) in [5.41, 5.74) is 0.821. The predicted octanol–water partition coefficient (Wildman–Crippen LogP) is 6.43. The second kappa shape index (κ2) is 7.97. The van der Waals surface area contributed by atoms with Crippen molar-refractivity contribution in [3.63, 3.8) is 0 Å². The van der Waals surface area contributed by atoms with Crippen LogP contribution in [0.2, 0.25) is 0 Å². The smallest absolute Gasteiger partial charge is 0.310 e. The van der Waals surface area contributed by atoms with Gasteiger partial charge in [0.25, 0.3) is 0 Å². The van der Waals surface area contributed by atoms with Gasteiger partial charge in [0.1, 0.15) is 18.1 Å². The quantitative estimate of drug-likeness (QED) is 0.448. The highest BCUT2D eigenvalue weighted by atomic mass is 79.9. The van der Waals surface area contributed by atoms with Crippen LogP contribution in [-0.2, 0) is 16.1 Å². The zero-order chi connectivity index (χ0) is 18.7. The molecule has 0 unspecified atom stereocenters. The first-order valence-electron chi connectivity index (χ1n) is 8.39. The Kier molecular flexibility index (Phi) is 5.88. The minimum absolute atomic E-state index is 0.0812. The molecule has 2 aromatic rings. The van der Waals surface area contributed by atoms with E-state index in [4.69, 9.17) is 9.47 Å². The molecule has 0 spiro atoms. The van der Waals surface area contributed by atoms with E-state index in [1.807, 2.05) is 60.7 Å². The van der Waals surface area contributed by atoms with E-state index < -0.39 is 0 Å². The van der Waals surface area contributed by atoms with Crippen LogP contribution in [0.1, 0.15) is 19.4 Å². The molecule has 5 heteroatoms. The number of esters is 1. The van der Waals surface area contributed by atoms with Gasteiger partial charge >= 0.3 is 5.97 Å². The summed E-state index contributed by atoms with van der Waals surface area (Å²) in [6, 6.07) is 17.2. The van der Waals surface area contributed by atoms with E-state index in [1.165, 1.54) is 0 Å². The molecule has 1 fully saturated rings. The number of ether oxygens (including phenoxy) is 2. The van der Waals surface area contributed by atoms with Crippen molar-refractivity contribution < 1.29 is 14.3 Å². The van der Waals surface area contributed by atoms with Gasteiger partial charge in [0.05, 0.1) is 9.31 Å². The lowest BCUT2D eigenvalue weighted by Gasteiger charge is -2.09. The number of rotatable bonds is 6. The highest BCUT2D eigenvalue weighted by molar-refractivity contribution is 9.28. The van der Waals surface area contributed by atoms with Crippen LogP contribution in [0.15, 0.2) is 64.1 Å². The van der Waals surface area contributed by atoms with Crippen molar-refractivity contribution >= 4 is 37.8 Å². The first kappa shape index (κ1) is 19.2. The van der Waals surface area contributed by atoms with Crippen molar-refractivity contribution in [3.05, 3.63) is 69.6 Å². The normalized spacial score (nSPS) is 20.2. The van der Waals surface area contributed by atoms with Crippen LogP contribution in [-0.4, -0.2) is 5.97 Å². The topological polar surface area (TPSA) is 35.5 Å². The van der Waals surface area contributed by atoms with E-state index in [9.17, 15) is 4.79 Å². The Bertz CT molecular complexity index is 811. The van der Waals surface area contributed by atoms with Gasteiger partial charge in [0.15, 0.2) is 0 Å². The number of halogens is 2. The van der Waals surface area contributed by atoms with Gasteiger partial charge < -0.3 is 9.47 Å². The van der Waals surface area contributed by atoms with Gasteiger partial charge in [0.2, 0.25) is 0 Å². The Morgan fingerprint density at radius 3 is 2.46 bits per heavy atom. The first-order valence-corrected chi connectivity index (χ1v) is 9.98. The molecule has 0 radical (unpaired) electrons. The van der Waals surface area contributed by atoms with Crippen LogP contribution in [0.5, 0.6) is 11.5 Å². The molecule has 0 bridgehead atoms. The van der Waals surface area contributed by atoms with E-state index in [0.717, 1.165) is 20.5 Å². The zero-order valence-electron chi connectivity index (χ0n) is 14.6. The molecule has 2 aromatic carbocycles. The van der Waals surface area contributed by atoms with Crippen molar-refractivity contribution in [2.24, 2.45) is 17.3 Å². The standard InChI is InChI=1S/C21H20Br2O3/c1-21(2)17(12-18(22)23)19(21)20(24)25-13-14-7-6-10-16(11-14)26-15-8-4-3-5-9-15/h3-12,17,19H,13H2,1-2H3/t17-,19-/m1/s1. The number of hydrogen-bond acceptors (Lipinski definition) is 3. The monoisotopic (exact) mass is 478 g/mol. The molecule has 26 heavy (non-hydrogen) atoms. The maximum absolute atomic E-state index is 12.4. The number of allylic oxidation sites excluding steroid dienone is 1. The molecule has 2 atom stereocenters. The average molecular weight is 480 g/mol. The van der Waals surface area contributed by atoms with Gasteiger partial charge in [-0.3, -0.25) is 4.79 Å². The molecule has 1 aliphatic rings. The minimum Gasteiger partial charge on any atom is -0.461 e. The van der Waals surface area contributed by atoms with E-state index in [1.54, 1.807) is 0 Å². The molecule has 0 aliphatic heterocycles. The van der Waals surface area contributed by atoms with Gasteiger partial charge in [-0.1, -0.05) is 50.3 Å². The van der Waals surface area contributed by atoms with E-state index in [-0.39, 0.29) is 29.8 Å². The lowest BCUT2D eigenvalue weighted by molar-refractivity contribution is -0.147. The SMILES string of the molecule is CC1(C)[C@H](C=C(Br)Br)[C@@H]1C(=O)OCc1cccc(Oc2ccccc2)c1. The van der Waals surface area contributed by atoms with Crippen molar-refractivity contribution in [2.45, 2.75) is 20.5 Å². The zero-order valence-corrected chi connectivity index (χ0v) is 17.8. The van der Waals surface area contributed by atoms with Crippen molar-refractivity contribution in [2.75, 3.05) is 0 Å². The third kappa shape index (κ3) is 4.57. The van der Waals surface area contributed by atoms with Crippen molar-refractivity contribution in [1.29, 1.82) is 0 Å². The predicted molar refractivity (Wildman–Crippen MR) is 109 cm³/mol. The van der Waals surface area contributed by atoms with E-state index in [2.05, 4.69) is 45.7 Å². The molecule has 136 valence electrons. The summed E-state index contributed by atoms with van der Waals surface area (Å²) in [5.74, 6) is 1.40. The van der Waals surface area contributed by atoms with Crippen LogP contribution >= 0.6 is 31.9 Å². The summed E-state index contributed by atoms with van der Waals surface area (Å²) in [5, 5.41) is 0. The molecule has 0 heterocycles. The molecule has 1 saturated carbocycles. The fourth-order valence-electron chi connectivity index (χ4n) is 3.14. The van der Waals surface area contributed by atoms with Gasteiger partial charge in [-0.15, -0.1) is 0 Å². The Morgan fingerprint density at radius 2 is 1.77 bits per heavy atom. The van der Waals surface area contributed by atoms with Crippen molar-refractivity contribution in [3.8, 4) is 11.5 Å². The maximum Gasteiger partial charge on any atom is 0.310 e. The molecule has 3 rings (SSSR count). The Labute approximate surface area is 170 Å². The molecule has 0 N–H and O–H groups in total. The van der Waals surface area contributed by atoms with Crippen LogP contribution in [0, 0.1) is 17.3 Å². The molecule has 0 amide bonds. The van der Waals surface area contributed by atoms with Gasteiger partial charge in [-0.2, -0.15) is 0 Å².